The average Bonchev–Trinajstić information content (AvgIpc) is 2.62. The van der Waals surface area contributed by atoms with E-state index in [0.29, 0.717) is 11.8 Å². The third kappa shape index (κ3) is 2.37. The third-order valence-corrected chi connectivity index (χ3v) is 3.56. The average molecular weight is 220 g/mol. The molecule has 1 aromatic rings. The van der Waals surface area contributed by atoms with Gasteiger partial charge in [0, 0.05) is 5.92 Å². The maximum absolute atomic E-state index is 12.2. The lowest BCUT2D eigenvalue weighted by atomic mass is 9.74. The molecule has 1 fully saturated rings. The first-order valence-corrected chi connectivity index (χ1v) is 6.15. The standard InChI is InChI=1S/C14H20O2/c1-9-4-10(2)6-12(5-9)14(15)13-7-11(3)16-8-13/h7-10,12H,4-6H2,1-3H3. The molecule has 2 rings (SSSR count). The maximum Gasteiger partial charge on any atom is 0.169 e. The van der Waals surface area contributed by atoms with E-state index < -0.39 is 0 Å². The van der Waals surface area contributed by atoms with Crippen LogP contribution in [-0.4, -0.2) is 5.78 Å². The number of rotatable bonds is 2. The fraction of sp³-hybridized carbons (Fsp3) is 0.643. The second-order valence-electron chi connectivity index (χ2n) is 5.42. The Kier molecular flexibility index (Phi) is 3.17. The van der Waals surface area contributed by atoms with Crippen LogP contribution in [-0.2, 0) is 0 Å². The van der Waals surface area contributed by atoms with Crippen molar-refractivity contribution in [1.29, 1.82) is 0 Å². The SMILES string of the molecule is Cc1cc(C(=O)C2CC(C)CC(C)C2)co1. The van der Waals surface area contributed by atoms with E-state index in [0.717, 1.165) is 24.2 Å². The molecule has 2 atom stereocenters. The van der Waals surface area contributed by atoms with Crippen molar-refractivity contribution in [1.82, 2.24) is 0 Å². The number of Topliss-reactive ketones (excluding diaryl/α,β-unsaturated/α-hetero) is 1. The summed E-state index contributed by atoms with van der Waals surface area (Å²) < 4.78 is 5.21. The van der Waals surface area contributed by atoms with E-state index in [1.165, 1.54) is 6.42 Å². The zero-order chi connectivity index (χ0) is 11.7. The molecule has 1 saturated carbocycles. The molecule has 0 amide bonds. The van der Waals surface area contributed by atoms with Crippen LogP contribution in [0.5, 0.6) is 0 Å². The molecule has 0 radical (unpaired) electrons. The van der Waals surface area contributed by atoms with Crippen LogP contribution < -0.4 is 0 Å². The quantitative estimate of drug-likeness (QED) is 0.709. The molecular weight excluding hydrogens is 200 g/mol. The van der Waals surface area contributed by atoms with Crippen molar-refractivity contribution >= 4 is 5.78 Å². The van der Waals surface area contributed by atoms with Crippen molar-refractivity contribution in [3.8, 4) is 0 Å². The minimum atomic E-state index is 0.204. The van der Waals surface area contributed by atoms with Gasteiger partial charge in [-0.05, 0) is 44.1 Å². The van der Waals surface area contributed by atoms with E-state index in [-0.39, 0.29) is 11.7 Å². The molecule has 0 aliphatic heterocycles. The Labute approximate surface area is 97.0 Å². The summed E-state index contributed by atoms with van der Waals surface area (Å²) in [5, 5.41) is 0. The van der Waals surface area contributed by atoms with Crippen LogP contribution in [0, 0.1) is 24.7 Å². The van der Waals surface area contributed by atoms with Crippen LogP contribution in [0.3, 0.4) is 0 Å². The Balaban J connectivity index is 2.09. The highest BCUT2D eigenvalue weighted by molar-refractivity contribution is 5.97. The number of aryl methyl sites for hydroxylation is 1. The Morgan fingerprint density at radius 1 is 1.25 bits per heavy atom. The van der Waals surface area contributed by atoms with Gasteiger partial charge in [0.25, 0.3) is 0 Å². The van der Waals surface area contributed by atoms with Gasteiger partial charge >= 0.3 is 0 Å². The molecule has 0 aromatic carbocycles. The second kappa shape index (κ2) is 4.44. The van der Waals surface area contributed by atoms with E-state index in [1.807, 2.05) is 13.0 Å². The molecule has 0 spiro atoms. The zero-order valence-corrected chi connectivity index (χ0v) is 10.3. The number of hydrogen-bond acceptors (Lipinski definition) is 2. The summed E-state index contributed by atoms with van der Waals surface area (Å²) in [5.74, 6) is 2.64. The Morgan fingerprint density at radius 3 is 2.38 bits per heavy atom. The number of ketones is 1. The monoisotopic (exact) mass is 220 g/mol. The predicted octanol–water partition coefficient (Wildman–Crippen LogP) is 3.84. The Morgan fingerprint density at radius 2 is 1.88 bits per heavy atom. The summed E-state index contributed by atoms with van der Waals surface area (Å²) in [6.45, 7) is 6.37. The first-order valence-electron chi connectivity index (χ1n) is 6.15. The lowest BCUT2D eigenvalue weighted by Gasteiger charge is -2.30. The molecular formula is C14H20O2. The number of carbonyl (C=O) groups is 1. The second-order valence-corrected chi connectivity index (χ2v) is 5.42. The van der Waals surface area contributed by atoms with Crippen molar-refractivity contribution in [3.63, 3.8) is 0 Å². The zero-order valence-electron chi connectivity index (χ0n) is 10.3. The molecule has 2 nitrogen and oxygen atoms in total. The van der Waals surface area contributed by atoms with Crippen LogP contribution in [0.1, 0.15) is 49.2 Å². The summed E-state index contributed by atoms with van der Waals surface area (Å²) >= 11 is 0. The van der Waals surface area contributed by atoms with Gasteiger partial charge in [0.2, 0.25) is 0 Å². The van der Waals surface area contributed by atoms with Crippen molar-refractivity contribution in [2.75, 3.05) is 0 Å². The van der Waals surface area contributed by atoms with Crippen LogP contribution in [0.15, 0.2) is 16.7 Å². The van der Waals surface area contributed by atoms with Gasteiger partial charge in [-0.3, -0.25) is 4.79 Å². The molecule has 2 heteroatoms. The van der Waals surface area contributed by atoms with Gasteiger partial charge in [0.05, 0.1) is 5.56 Å². The minimum absolute atomic E-state index is 0.204. The number of furan rings is 1. The number of hydrogen-bond donors (Lipinski definition) is 0. The summed E-state index contributed by atoms with van der Waals surface area (Å²) in [5.41, 5.74) is 0.754. The molecule has 88 valence electrons. The van der Waals surface area contributed by atoms with Gasteiger partial charge < -0.3 is 4.42 Å². The van der Waals surface area contributed by atoms with Gasteiger partial charge in [-0.15, -0.1) is 0 Å². The van der Waals surface area contributed by atoms with Gasteiger partial charge in [-0.1, -0.05) is 13.8 Å². The molecule has 1 aromatic heterocycles. The van der Waals surface area contributed by atoms with Crippen LogP contribution in [0.4, 0.5) is 0 Å². The highest BCUT2D eigenvalue weighted by Crippen LogP contribution is 2.34. The van der Waals surface area contributed by atoms with Crippen molar-refractivity contribution < 1.29 is 9.21 Å². The normalized spacial score (nSPS) is 30.3. The van der Waals surface area contributed by atoms with Crippen LogP contribution >= 0.6 is 0 Å². The van der Waals surface area contributed by atoms with E-state index >= 15 is 0 Å². The highest BCUT2D eigenvalue weighted by atomic mass is 16.3. The summed E-state index contributed by atoms with van der Waals surface area (Å²) in [6.07, 6.45) is 4.93. The van der Waals surface area contributed by atoms with E-state index in [4.69, 9.17) is 4.42 Å². The lowest BCUT2D eigenvalue weighted by Crippen LogP contribution is -2.25. The first-order chi connectivity index (χ1) is 7.56. The van der Waals surface area contributed by atoms with E-state index in [2.05, 4.69) is 13.8 Å². The fourth-order valence-corrected chi connectivity index (χ4v) is 2.97. The molecule has 1 heterocycles. The third-order valence-electron chi connectivity index (χ3n) is 3.56. The van der Waals surface area contributed by atoms with Crippen molar-refractivity contribution in [2.45, 2.75) is 40.0 Å². The molecule has 0 N–H and O–H groups in total. The lowest BCUT2D eigenvalue weighted by molar-refractivity contribution is 0.0835. The Bertz CT molecular complexity index is 368. The minimum Gasteiger partial charge on any atom is -0.469 e. The fourth-order valence-electron chi connectivity index (χ4n) is 2.97. The molecule has 1 aliphatic rings. The van der Waals surface area contributed by atoms with Gasteiger partial charge in [0.1, 0.15) is 12.0 Å². The smallest absolute Gasteiger partial charge is 0.169 e. The van der Waals surface area contributed by atoms with Crippen LogP contribution in [0.25, 0.3) is 0 Å². The molecule has 1 aliphatic carbocycles. The highest BCUT2D eigenvalue weighted by Gasteiger charge is 2.29. The molecule has 2 unspecified atom stereocenters. The molecule has 0 saturated heterocycles. The van der Waals surface area contributed by atoms with E-state index in [9.17, 15) is 4.79 Å². The first kappa shape index (κ1) is 11.4. The van der Waals surface area contributed by atoms with Gasteiger partial charge in [-0.25, -0.2) is 0 Å². The Hall–Kier alpha value is -1.05. The number of carbonyl (C=O) groups excluding carboxylic acids is 1. The van der Waals surface area contributed by atoms with Crippen molar-refractivity contribution in [2.24, 2.45) is 17.8 Å². The molecule has 16 heavy (non-hydrogen) atoms. The predicted molar refractivity (Wildman–Crippen MR) is 63.4 cm³/mol. The largest absolute Gasteiger partial charge is 0.469 e. The summed E-state index contributed by atoms with van der Waals surface area (Å²) in [7, 11) is 0. The summed E-state index contributed by atoms with van der Waals surface area (Å²) in [6, 6.07) is 1.85. The molecule has 0 bridgehead atoms. The van der Waals surface area contributed by atoms with Crippen LogP contribution in [0.2, 0.25) is 0 Å². The van der Waals surface area contributed by atoms with E-state index in [1.54, 1.807) is 6.26 Å². The van der Waals surface area contributed by atoms with Gasteiger partial charge in [-0.2, -0.15) is 0 Å². The van der Waals surface area contributed by atoms with Crippen molar-refractivity contribution in [3.05, 3.63) is 23.7 Å². The maximum atomic E-state index is 12.2. The summed E-state index contributed by atoms with van der Waals surface area (Å²) in [4.78, 5) is 12.2. The topological polar surface area (TPSA) is 30.2 Å². The van der Waals surface area contributed by atoms with Gasteiger partial charge in [0.15, 0.2) is 5.78 Å².